The van der Waals surface area contributed by atoms with Gasteiger partial charge in [0.15, 0.2) is 7.38 Å². The molecule has 56 valence electrons. The molecule has 0 amide bonds. The number of rotatable bonds is 2. The summed E-state index contributed by atoms with van der Waals surface area (Å²) in [6.45, 7) is 8.24. The molecule has 0 rings (SSSR count). The highest BCUT2D eigenvalue weighted by atomic mass is 35.6. The second-order valence-corrected chi connectivity index (χ2v) is 11.1. The molecule has 0 aliphatic heterocycles. The summed E-state index contributed by atoms with van der Waals surface area (Å²) in [6.07, 6.45) is 0.956. The highest BCUT2D eigenvalue weighted by molar-refractivity contribution is 7.23. The van der Waals surface area contributed by atoms with Crippen molar-refractivity contribution >= 4 is 30.1 Å². The molecule has 9 heavy (non-hydrogen) atoms. The van der Waals surface area contributed by atoms with Crippen molar-refractivity contribution in [2.75, 3.05) is 0 Å². The Hall–Kier alpha value is 0.797. The topological polar surface area (TPSA) is 0 Å². The third kappa shape index (κ3) is 2.48. The summed E-state index contributed by atoms with van der Waals surface area (Å²) >= 11 is 12.3. The number of hydrogen-bond acceptors (Lipinski definition) is 0. The van der Waals surface area contributed by atoms with E-state index < -0.39 is 7.38 Å². The zero-order valence-electron chi connectivity index (χ0n) is 6.46. The van der Waals surface area contributed by atoms with Crippen LogP contribution in [0.2, 0.25) is 13.1 Å². The number of hydrogen-bond donors (Lipinski definition) is 0. The lowest BCUT2D eigenvalue weighted by Crippen LogP contribution is -2.42. The maximum atomic E-state index is 6.13. The van der Waals surface area contributed by atoms with E-state index in [2.05, 4.69) is 20.0 Å². The van der Waals surface area contributed by atoms with E-state index in [1.54, 1.807) is 0 Å². The Morgan fingerprint density at radius 1 is 1.44 bits per heavy atom. The largest absolute Gasteiger partial charge is 0.170 e. The van der Waals surface area contributed by atoms with E-state index in [-0.39, 0.29) is 4.50 Å². The van der Waals surface area contributed by atoms with Crippen LogP contribution in [0.3, 0.4) is 0 Å². The molecule has 1 unspecified atom stereocenters. The Balaban J connectivity index is 4.14. The van der Waals surface area contributed by atoms with E-state index in [0.717, 1.165) is 6.42 Å². The zero-order valence-corrected chi connectivity index (χ0v) is 8.97. The summed E-state index contributed by atoms with van der Waals surface area (Å²) in [6, 6.07) is 0. The first-order valence-corrected chi connectivity index (χ1v) is 7.58. The van der Waals surface area contributed by atoms with Gasteiger partial charge in [-0.3, -0.25) is 0 Å². The Labute approximate surface area is 68.3 Å². The van der Waals surface area contributed by atoms with E-state index in [9.17, 15) is 0 Å². The van der Waals surface area contributed by atoms with Gasteiger partial charge >= 0.3 is 0 Å². The molecular formula is C6H14Cl2Si. The van der Waals surface area contributed by atoms with Crippen LogP contribution in [0.5, 0.6) is 0 Å². The summed E-state index contributed by atoms with van der Waals surface area (Å²) in [5, 5.41) is 0. The predicted octanol–water partition coefficient (Wildman–Crippen LogP) is 3.38. The standard InChI is InChI=1S/C6H14Cl2Si/c1-5-6(2,7)9(3,4)8/h5H2,1-4H3. The third-order valence-corrected chi connectivity index (χ3v) is 7.96. The fourth-order valence-electron chi connectivity index (χ4n) is 0.420. The van der Waals surface area contributed by atoms with Crippen molar-refractivity contribution < 1.29 is 0 Å². The normalized spacial score (nSPS) is 19.3. The monoisotopic (exact) mass is 184 g/mol. The van der Waals surface area contributed by atoms with Gasteiger partial charge in [0.2, 0.25) is 0 Å². The van der Waals surface area contributed by atoms with Crippen LogP contribution in [0, 0.1) is 0 Å². The van der Waals surface area contributed by atoms with Gasteiger partial charge in [-0.25, -0.2) is 0 Å². The van der Waals surface area contributed by atoms with E-state index in [1.807, 2.05) is 6.92 Å². The van der Waals surface area contributed by atoms with Gasteiger partial charge in [0.05, 0.1) is 4.50 Å². The second kappa shape index (κ2) is 2.81. The molecule has 0 aliphatic carbocycles. The molecule has 0 saturated carbocycles. The van der Waals surface area contributed by atoms with Crippen molar-refractivity contribution in [2.45, 2.75) is 37.9 Å². The minimum absolute atomic E-state index is 0.144. The highest BCUT2D eigenvalue weighted by Crippen LogP contribution is 2.33. The maximum Gasteiger partial charge on any atom is 0.170 e. The summed E-state index contributed by atoms with van der Waals surface area (Å²) < 4.78 is -0.144. The first kappa shape index (κ1) is 9.80. The lowest BCUT2D eigenvalue weighted by atomic mass is 10.4. The van der Waals surface area contributed by atoms with Crippen molar-refractivity contribution in [3.05, 3.63) is 0 Å². The van der Waals surface area contributed by atoms with E-state index in [0.29, 0.717) is 0 Å². The molecule has 0 radical (unpaired) electrons. The molecule has 1 atom stereocenters. The van der Waals surface area contributed by atoms with Gasteiger partial charge in [-0.1, -0.05) is 20.0 Å². The Morgan fingerprint density at radius 3 is 1.78 bits per heavy atom. The molecule has 0 aromatic heterocycles. The van der Waals surface area contributed by atoms with Crippen molar-refractivity contribution in [1.29, 1.82) is 0 Å². The van der Waals surface area contributed by atoms with Crippen LogP contribution in [0.25, 0.3) is 0 Å². The predicted molar refractivity (Wildman–Crippen MR) is 47.9 cm³/mol. The minimum atomic E-state index is -1.65. The molecule has 0 aliphatic rings. The molecule has 0 bridgehead atoms. The number of halogens is 2. The summed E-state index contributed by atoms with van der Waals surface area (Å²) in [5.41, 5.74) is 0. The molecule has 0 saturated heterocycles. The van der Waals surface area contributed by atoms with Crippen molar-refractivity contribution in [3.8, 4) is 0 Å². The van der Waals surface area contributed by atoms with Crippen LogP contribution in [-0.4, -0.2) is 11.9 Å². The van der Waals surface area contributed by atoms with Crippen LogP contribution in [-0.2, 0) is 0 Å². The smallest absolute Gasteiger partial charge is 0.166 e. The van der Waals surface area contributed by atoms with Gasteiger partial charge in [0.1, 0.15) is 0 Å². The fraction of sp³-hybridized carbons (Fsp3) is 1.00. The Morgan fingerprint density at radius 2 is 1.78 bits per heavy atom. The summed E-state index contributed by atoms with van der Waals surface area (Å²) in [5.74, 6) is 0. The van der Waals surface area contributed by atoms with Gasteiger partial charge in [-0.2, -0.15) is 11.1 Å². The zero-order chi connectivity index (χ0) is 7.71. The first-order chi connectivity index (χ1) is 3.81. The molecule has 0 aromatic carbocycles. The van der Waals surface area contributed by atoms with Gasteiger partial charge in [-0.05, 0) is 13.3 Å². The first-order valence-electron chi connectivity index (χ1n) is 3.19. The molecule has 0 nitrogen and oxygen atoms in total. The minimum Gasteiger partial charge on any atom is -0.166 e. The highest BCUT2D eigenvalue weighted by Gasteiger charge is 2.38. The summed E-state index contributed by atoms with van der Waals surface area (Å²) in [4.78, 5) is 0. The fourth-order valence-corrected chi connectivity index (χ4v) is 1.66. The number of alkyl halides is 1. The second-order valence-electron chi connectivity index (χ2n) is 3.02. The van der Waals surface area contributed by atoms with Crippen LogP contribution >= 0.6 is 22.7 Å². The van der Waals surface area contributed by atoms with Gasteiger partial charge in [0, 0.05) is 0 Å². The SMILES string of the molecule is CCC(C)(Cl)[Si](C)(C)Cl. The van der Waals surface area contributed by atoms with Gasteiger partial charge < -0.3 is 0 Å². The molecule has 0 fully saturated rings. The molecule has 0 aromatic rings. The summed E-state index contributed by atoms with van der Waals surface area (Å²) in [7, 11) is -1.65. The van der Waals surface area contributed by atoms with Crippen LogP contribution in [0.15, 0.2) is 0 Å². The van der Waals surface area contributed by atoms with Crippen molar-refractivity contribution in [3.63, 3.8) is 0 Å². The molecule has 0 spiro atoms. The third-order valence-electron chi connectivity index (χ3n) is 1.90. The van der Waals surface area contributed by atoms with Crippen LogP contribution in [0.1, 0.15) is 20.3 Å². The van der Waals surface area contributed by atoms with Crippen LogP contribution < -0.4 is 0 Å². The van der Waals surface area contributed by atoms with E-state index in [4.69, 9.17) is 22.7 Å². The van der Waals surface area contributed by atoms with E-state index >= 15 is 0 Å². The van der Waals surface area contributed by atoms with Crippen LogP contribution in [0.4, 0.5) is 0 Å². The molecular weight excluding hydrogens is 171 g/mol. The van der Waals surface area contributed by atoms with Gasteiger partial charge in [-0.15, -0.1) is 11.6 Å². The molecule has 0 N–H and O–H groups in total. The van der Waals surface area contributed by atoms with Gasteiger partial charge in [0.25, 0.3) is 0 Å². The lowest BCUT2D eigenvalue weighted by Gasteiger charge is -2.30. The Kier molecular flexibility index (Phi) is 3.06. The van der Waals surface area contributed by atoms with Crippen molar-refractivity contribution in [1.82, 2.24) is 0 Å². The van der Waals surface area contributed by atoms with E-state index in [1.165, 1.54) is 0 Å². The lowest BCUT2D eigenvalue weighted by molar-refractivity contribution is 0.793. The Bertz CT molecular complexity index is 93.7. The average molecular weight is 185 g/mol. The maximum absolute atomic E-state index is 6.13. The molecule has 0 heterocycles. The molecule has 3 heteroatoms. The average Bonchev–Trinajstić information content (AvgIpc) is 1.64. The van der Waals surface area contributed by atoms with Crippen molar-refractivity contribution in [2.24, 2.45) is 0 Å². The quantitative estimate of drug-likeness (QED) is 0.351.